The van der Waals surface area contributed by atoms with Crippen molar-refractivity contribution in [3.8, 4) is 16.9 Å². The summed E-state index contributed by atoms with van der Waals surface area (Å²) in [5, 5.41) is 22.9. The standard InChI is InChI=1S/C26H27F2NO4.ClH/c1-17(29-15-23(30)20-5-3-2-4-6-20)13-18-7-9-19(10-8-18)21-11-12-22(26(31)32)24(14-21)33-16-25(27)28;/h2-12,14,17,23,25,29-30H,13,15-16H2,1H3,(H,31,32);1H/t17-,23+;/m1./s1. The molecule has 0 radical (unpaired) electrons. The van der Waals surface area contributed by atoms with Gasteiger partial charge in [0.15, 0.2) is 0 Å². The van der Waals surface area contributed by atoms with Gasteiger partial charge in [0.05, 0.1) is 6.10 Å². The molecule has 3 N–H and O–H groups in total. The van der Waals surface area contributed by atoms with Gasteiger partial charge >= 0.3 is 5.97 Å². The molecule has 0 aliphatic carbocycles. The van der Waals surface area contributed by atoms with E-state index in [2.05, 4.69) is 5.32 Å². The number of alkyl halides is 2. The first-order valence-corrected chi connectivity index (χ1v) is 10.7. The van der Waals surface area contributed by atoms with Gasteiger partial charge in [-0.3, -0.25) is 0 Å². The van der Waals surface area contributed by atoms with Crippen LogP contribution in [0.1, 0.15) is 34.5 Å². The highest BCUT2D eigenvalue weighted by molar-refractivity contribution is 5.92. The molecule has 3 aromatic rings. The quantitative estimate of drug-likeness (QED) is 0.336. The molecule has 0 saturated heterocycles. The van der Waals surface area contributed by atoms with E-state index >= 15 is 0 Å². The summed E-state index contributed by atoms with van der Waals surface area (Å²) in [7, 11) is 0. The first-order valence-electron chi connectivity index (χ1n) is 10.7. The van der Waals surface area contributed by atoms with Crippen molar-refractivity contribution in [1.82, 2.24) is 5.32 Å². The number of aliphatic hydroxyl groups excluding tert-OH is 1. The molecule has 0 amide bonds. The smallest absolute Gasteiger partial charge is 0.339 e. The van der Waals surface area contributed by atoms with E-state index in [1.807, 2.05) is 61.5 Å². The molecule has 0 saturated carbocycles. The molecule has 3 aromatic carbocycles. The summed E-state index contributed by atoms with van der Waals surface area (Å²) >= 11 is 0. The van der Waals surface area contributed by atoms with E-state index in [1.165, 1.54) is 12.1 Å². The predicted octanol–water partition coefficient (Wildman–Crippen LogP) is 5.37. The summed E-state index contributed by atoms with van der Waals surface area (Å²) in [6.07, 6.45) is -2.52. The van der Waals surface area contributed by atoms with Crippen molar-refractivity contribution in [1.29, 1.82) is 0 Å². The van der Waals surface area contributed by atoms with E-state index in [9.17, 15) is 23.8 Å². The van der Waals surface area contributed by atoms with E-state index < -0.39 is 25.1 Å². The molecule has 0 fully saturated rings. The average Bonchev–Trinajstić information content (AvgIpc) is 2.82. The summed E-state index contributed by atoms with van der Waals surface area (Å²) in [6.45, 7) is 1.62. The van der Waals surface area contributed by atoms with Gasteiger partial charge in [0.25, 0.3) is 6.43 Å². The molecule has 0 aromatic heterocycles. The molecular weight excluding hydrogens is 464 g/mol. The van der Waals surface area contributed by atoms with Gasteiger partial charge in [-0.05, 0) is 47.7 Å². The molecule has 0 spiro atoms. The number of rotatable bonds is 11. The van der Waals surface area contributed by atoms with Crippen LogP contribution in [0.15, 0.2) is 72.8 Å². The largest absolute Gasteiger partial charge is 0.487 e. The zero-order chi connectivity index (χ0) is 23.8. The van der Waals surface area contributed by atoms with Crippen molar-refractivity contribution in [3.05, 3.63) is 89.5 Å². The Morgan fingerprint density at radius 3 is 2.26 bits per heavy atom. The van der Waals surface area contributed by atoms with Gasteiger partial charge in [-0.25, -0.2) is 13.6 Å². The summed E-state index contributed by atoms with van der Waals surface area (Å²) in [5.74, 6) is -1.32. The molecule has 5 nitrogen and oxygen atoms in total. The van der Waals surface area contributed by atoms with Gasteiger partial charge in [0, 0.05) is 12.6 Å². The zero-order valence-corrected chi connectivity index (χ0v) is 19.5. The number of ether oxygens (including phenoxy) is 1. The van der Waals surface area contributed by atoms with Crippen LogP contribution in [0.3, 0.4) is 0 Å². The van der Waals surface area contributed by atoms with Gasteiger partial charge in [0.1, 0.15) is 17.9 Å². The number of aromatic carboxylic acids is 1. The van der Waals surface area contributed by atoms with E-state index in [0.717, 1.165) is 23.1 Å². The molecular formula is C26H28ClF2NO4. The van der Waals surface area contributed by atoms with Crippen molar-refractivity contribution in [2.45, 2.75) is 31.9 Å². The van der Waals surface area contributed by atoms with Crippen LogP contribution in [0.2, 0.25) is 0 Å². The van der Waals surface area contributed by atoms with E-state index in [0.29, 0.717) is 12.1 Å². The second-order valence-corrected chi connectivity index (χ2v) is 7.86. The second kappa shape index (κ2) is 13.0. The second-order valence-electron chi connectivity index (χ2n) is 7.86. The number of carboxylic acids is 1. The minimum Gasteiger partial charge on any atom is -0.487 e. The highest BCUT2D eigenvalue weighted by atomic mass is 35.5. The lowest BCUT2D eigenvalue weighted by molar-refractivity contribution is 0.0664. The number of benzene rings is 3. The number of carbonyl (C=O) groups is 1. The lowest BCUT2D eigenvalue weighted by Crippen LogP contribution is -2.32. The van der Waals surface area contributed by atoms with Gasteiger partial charge in [-0.15, -0.1) is 12.4 Å². The summed E-state index contributed by atoms with van der Waals surface area (Å²) in [4.78, 5) is 11.3. The molecule has 182 valence electrons. The molecule has 0 aliphatic rings. The molecule has 0 bridgehead atoms. The Morgan fingerprint density at radius 2 is 1.65 bits per heavy atom. The van der Waals surface area contributed by atoms with Crippen molar-refractivity contribution in [3.63, 3.8) is 0 Å². The van der Waals surface area contributed by atoms with Crippen LogP contribution >= 0.6 is 12.4 Å². The van der Waals surface area contributed by atoms with Crippen molar-refractivity contribution < 1.29 is 28.5 Å². The van der Waals surface area contributed by atoms with Crippen molar-refractivity contribution >= 4 is 18.4 Å². The Labute approximate surface area is 203 Å². The third kappa shape index (κ3) is 7.80. The number of halogens is 3. The van der Waals surface area contributed by atoms with Gasteiger partial charge < -0.3 is 20.3 Å². The third-order valence-corrected chi connectivity index (χ3v) is 5.25. The van der Waals surface area contributed by atoms with Gasteiger partial charge in [-0.2, -0.15) is 0 Å². The SMILES string of the molecule is C[C@H](Cc1ccc(-c2ccc(C(=O)O)c(OCC(F)F)c2)cc1)NC[C@H](O)c1ccccc1.Cl. The molecule has 0 aliphatic heterocycles. The Morgan fingerprint density at radius 1 is 1.00 bits per heavy atom. The van der Waals surface area contributed by atoms with E-state index in [-0.39, 0.29) is 29.8 Å². The highest BCUT2D eigenvalue weighted by Gasteiger charge is 2.15. The molecule has 3 rings (SSSR count). The third-order valence-electron chi connectivity index (χ3n) is 5.25. The number of carboxylic acid groups (broad SMARTS) is 1. The summed E-state index contributed by atoms with van der Waals surface area (Å²) < 4.78 is 30.1. The van der Waals surface area contributed by atoms with Crippen LogP contribution in [-0.4, -0.2) is 41.8 Å². The van der Waals surface area contributed by atoms with Crippen LogP contribution in [-0.2, 0) is 6.42 Å². The van der Waals surface area contributed by atoms with Gasteiger partial charge in [-0.1, -0.05) is 60.7 Å². The lowest BCUT2D eigenvalue weighted by atomic mass is 9.99. The minimum atomic E-state index is -2.70. The molecule has 34 heavy (non-hydrogen) atoms. The number of nitrogens with one attached hydrogen (secondary N) is 1. The van der Waals surface area contributed by atoms with Crippen molar-refractivity contribution in [2.75, 3.05) is 13.2 Å². The van der Waals surface area contributed by atoms with Crippen molar-refractivity contribution in [2.24, 2.45) is 0 Å². The van der Waals surface area contributed by atoms with Crippen LogP contribution < -0.4 is 10.1 Å². The van der Waals surface area contributed by atoms with E-state index in [1.54, 1.807) is 6.07 Å². The topological polar surface area (TPSA) is 78.8 Å². The average molecular weight is 492 g/mol. The van der Waals surface area contributed by atoms with Crippen LogP contribution in [0.5, 0.6) is 5.75 Å². The maximum atomic E-state index is 12.5. The monoisotopic (exact) mass is 491 g/mol. The fraction of sp³-hybridized carbons (Fsp3) is 0.269. The van der Waals surface area contributed by atoms with Crippen LogP contribution in [0.25, 0.3) is 11.1 Å². The zero-order valence-electron chi connectivity index (χ0n) is 18.7. The summed E-state index contributed by atoms with van der Waals surface area (Å²) in [5.41, 5.74) is 3.29. The first kappa shape index (κ1) is 27.2. The molecule has 0 unspecified atom stereocenters. The van der Waals surface area contributed by atoms with Crippen LogP contribution in [0, 0.1) is 0 Å². The Kier molecular flexibility index (Phi) is 10.4. The fourth-order valence-corrected chi connectivity index (χ4v) is 3.52. The number of aliphatic hydroxyl groups is 1. The molecule has 0 heterocycles. The molecule has 8 heteroatoms. The maximum Gasteiger partial charge on any atom is 0.339 e. The predicted molar refractivity (Wildman–Crippen MR) is 130 cm³/mol. The number of hydrogen-bond acceptors (Lipinski definition) is 4. The Balaban J connectivity index is 0.00000408. The fourth-order valence-electron chi connectivity index (χ4n) is 3.52. The Bertz CT molecular complexity index is 1050. The van der Waals surface area contributed by atoms with Crippen LogP contribution in [0.4, 0.5) is 8.78 Å². The maximum absolute atomic E-state index is 12.5. The summed E-state index contributed by atoms with van der Waals surface area (Å²) in [6, 6.07) is 21.8. The Hall–Kier alpha value is -3.00. The minimum absolute atomic E-state index is 0. The van der Waals surface area contributed by atoms with Gasteiger partial charge in [0.2, 0.25) is 0 Å². The lowest BCUT2D eigenvalue weighted by Gasteiger charge is -2.18. The van der Waals surface area contributed by atoms with E-state index in [4.69, 9.17) is 4.74 Å². The number of hydrogen-bond donors (Lipinski definition) is 3. The first-order chi connectivity index (χ1) is 15.8. The molecule has 2 atom stereocenters. The highest BCUT2D eigenvalue weighted by Crippen LogP contribution is 2.28. The normalized spacial score (nSPS) is 12.6.